The van der Waals surface area contributed by atoms with E-state index in [1.807, 2.05) is 17.0 Å². The SMILES string of the molecule is O=C(c1cccc(Cl)c1)N1CCN(C2CNC2)CC1. The molecule has 0 saturated carbocycles. The molecule has 0 aliphatic carbocycles. The van der Waals surface area contributed by atoms with Gasteiger partial charge in [-0.3, -0.25) is 9.69 Å². The number of nitrogens with one attached hydrogen (secondary N) is 1. The van der Waals surface area contributed by atoms with E-state index in [9.17, 15) is 4.79 Å². The third-order valence-electron chi connectivity index (χ3n) is 3.95. The lowest BCUT2D eigenvalue weighted by atomic mass is 10.1. The van der Waals surface area contributed by atoms with Gasteiger partial charge in [-0.15, -0.1) is 0 Å². The molecular weight excluding hydrogens is 262 g/mol. The van der Waals surface area contributed by atoms with Crippen molar-refractivity contribution in [1.82, 2.24) is 15.1 Å². The number of piperazine rings is 1. The molecule has 2 saturated heterocycles. The van der Waals surface area contributed by atoms with E-state index in [1.54, 1.807) is 12.1 Å². The second kappa shape index (κ2) is 5.49. The van der Waals surface area contributed by atoms with E-state index in [0.29, 0.717) is 16.6 Å². The van der Waals surface area contributed by atoms with Crippen LogP contribution in [0.15, 0.2) is 24.3 Å². The van der Waals surface area contributed by atoms with Crippen molar-refractivity contribution in [1.29, 1.82) is 0 Å². The third kappa shape index (κ3) is 2.76. The molecule has 4 nitrogen and oxygen atoms in total. The van der Waals surface area contributed by atoms with Crippen LogP contribution in [-0.2, 0) is 0 Å². The predicted molar refractivity (Wildman–Crippen MR) is 75.6 cm³/mol. The Morgan fingerprint density at radius 2 is 1.95 bits per heavy atom. The number of benzene rings is 1. The largest absolute Gasteiger partial charge is 0.336 e. The van der Waals surface area contributed by atoms with Crippen LogP contribution in [0, 0.1) is 0 Å². The number of carbonyl (C=O) groups is 1. The Hall–Kier alpha value is -1.10. The summed E-state index contributed by atoms with van der Waals surface area (Å²) >= 11 is 5.93. The zero-order valence-electron chi connectivity index (χ0n) is 10.8. The van der Waals surface area contributed by atoms with Crippen LogP contribution in [0.2, 0.25) is 5.02 Å². The van der Waals surface area contributed by atoms with Crippen LogP contribution >= 0.6 is 11.6 Å². The average molecular weight is 280 g/mol. The molecule has 0 bridgehead atoms. The number of hydrogen-bond acceptors (Lipinski definition) is 3. The highest BCUT2D eigenvalue weighted by molar-refractivity contribution is 6.30. The fourth-order valence-electron chi connectivity index (χ4n) is 2.63. The van der Waals surface area contributed by atoms with Gasteiger partial charge in [-0.25, -0.2) is 0 Å². The third-order valence-corrected chi connectivity index (χ3v) is 4.18. The van der Waals surface area contributed by atoms with Gasteiger partial charge in [0.1, 0.15) is 0 Å². The molecule has 2 fully saturated rings. The number of amides is 1. The summed E-state index contributed by atoms with van der Waals surface area (Å²) < 4.78 is 0. The Kier molecular flexibility index (Phi) is 3.73. The van der Waals surface area contributed by atoms with Gasteiger partial charge in [0, 0.05) is 55.9 Å². The fourth-order valence-corrected chi connectivity index (χ4v) is 2.82. The summed E-state index contributed by atoms with van der Waals surface area (Å²) in [6.45, 7) is 5.73. The highest BCUT2D eigenvalue weighted by Crippen LogP contribution is 2.15. The Morgan fingerprint density at radius 1 is 1.21 bits per heavy atom. The van der Waals surface area contributed by atoms with Gasteiger partial charge in [0.2, 0.25) is 0 Å². The van der Waals surface area contributed by atoms with E-state index in [-0.39, 0.29) is 5.91 Å². The van der Waals surface area contributed by atoms with Crippen molar-refractivity contribution in [3.63, 3.8) is 0 Å². The van der Waals surface area contributed by atoms with E-state index in [1.165, 1.54) is 0 Å². The predicted octanol–water partition coefficient (Wildman–Crippen LogP) is 1.07. The molecule has 2 aliphatic rings. The molecule has 2 heterocycles. The first kappa shape index (κ1) is 12.9. The van der Waals surface area contributed by atoms with Crippen LogP contribution < -0.4 is 5.32 Å². The maximum absolute atomic E-state index is 12.3. The molecule has 2 aliphatic heterocycles. The Morgan fingerprint density at radius 3 is 2.53 bits per heavy atom. The Bertz CT molecular complexity index is 468. The molecule has 1 N–H and O–H groups in total. The number of halogens is 1. The van der Waals surface area contributed by atoms with Gasteiger partial charge >= 0.3 is 0 Å². The number of nitrogens with zero attached hydrogens (tertiary/aromatic N) is 2. The topological polar surface area (TPSA) is 35.6 Å². The van der Waals surface area contributed by atoms with Gasteiger partial charge in [-0.2, -0.15) is 0 Å². The minimum Gasteiger partial charge on any atom is -0.336 e. The van der Waals surface area contributed by atoms with Gasteiger partial charge in [0.15, 0.2) is 0 Å². The minimum absolute atomic E-state index is 0.0916. The summed E-state index contributed by atoms with van der Waals surface area (Å²) in [4.78, 5) is 16.7. The first-order valence-electron chi connectivity index (χ1n) is 6.73. The standard InChI is InChI=1S/C14H18ClN3O/c15-12-3-1-2-11(8-12)14(19)18-6-4-17(5-7-18)13-9-16-10-13/h1-3,8,13,16H,4-7,9-10H2. The lowest BCUT2D eigenvalue weighted by molar-refractivity contribution is 0.0502. The van der Waals surface area contributed by atoms with Gasteiger partial charge in [0.25, 0.3) is 5.91 Å². The Labute approximate surface area is 118 Å². The lowest BCUT2D eigenvalue weighted by Gasteiger charge is -2.43. The maximum Gasteiger partial charge on any atom is 0.253 e. The van der Waals surface area contributed by atoms with E-state index in [2.05, 4.69) is 10.2 Å². The molecule has 1 aromatic rings. The number of carbonyl (C=O) groups excluding carboxylic acids is 1. The summed E-state index contributed by atoms with van der Waals surface area (Å²) in [5, 5.41) is 3.90. The summed E-state index contributed by atoms with van der Waals surface area (Å²) in [5.74, 6) is 0.0916. The molecule has 0 spiro atoms. The van der Waals surface area contributed by atoms with Gasteiger partial charge < -0.3 is 10.2 Å². The normalized spacial score (nSPS) is 21.2. The van der Waals surface area contributed by atoms with Crippen LogP contribution in [0.1, 0.15) is 10.4 Å². The number of hydrogen-bond donors (Lipinski definition) is 1. The summed E-state index contributed by atoms with van der Waals surface area (Å²) in [5.41, 5.74) is 0.686. The van der Waals surface area contributed by atoms with E-state index < -0.39 is 0 Å². The average Bonchev–Trinajstić information content (AvgIpc) is 2.37. The van der Waals surface area contributed by atoms with Crippen molar-refractivity contribution < 1.29 is 4.79 Å². The van der Waals surface area contributed by atoms with Crippen LogP contribution in [0.25, 0.3) is 0 Å². The highest BCUT2D eigenvalue weighted by atomic mass is 35.5. The van der Waals surface area contributed by atoms with Crippen molar-refractivity contribution >= 4 is 17.5 Å². The smallest absolute Gasteiger partial charge is 0.253 e. The summed E-state index contributed by atoms with van der Waals surface area (Å²) in [7, 11) is 0. The van der Waals surface area contributed by atoms with Crippen LogP contribution in [0.4, 0.5) is 0 Å². The highest BCUT2D eigenvalue weighted by Gasteiger charge is 2.29. The molecule has 19 heavy (non-hydrogen) atoms. The molecule has 1 amide bonds. The molecule has 102 valence electrons. The van der Waals surface area contributed by atoms with Crippen molar-refractivity contribution in [2.75, 3.05) is 39.3 Å². The molecule has 0 radical (unpaired) electrons. The van der Waals surface area contributed by atoms with Crippen molar-refractivity contribution in [2.24, 2.45) is 0 Å². The first-order valence-corrected chi connectivity index (χ1v) is 7.11. The second-order valence-corrected chi connectivity index (χ2v) is 5.59. The fraction of sp³-hybridized carbons (Fsp3) is 0.500. The Balaban J connectivity index is 1.60. The van der Waals surface area contributed by atoms with E-state index in [4.69, 9.17) is 11.6 Å². The molecule has 0 atom stereocenters. The van der Waals surface area contributed by atoms with Gasteiger partial charge in [-0.05, 0) is 18.2 Å². The zero-order chi connectivity index (χ0) is 13.2. The summed E-state index contributed by atoms with van der Waals surface area (Å²) in [6.07, 6.45) is 0. The quantitative estimate of drug-likeness (QED) is 0.880. The van der Waals surface area contributed by atoms with Crippen LogP contribution in [0.5, 0.6) is 0 Å². The first-order chi connectivity index (χ1) is 9.24. The van der Waals surface area contributed by atoms with Gasteiger partial charge in [-0.1, -0.05) is 17.7 Å². The maximum atomic E-state index is 12.3. The summed E-state index contributed by atoms with van der Waals surface area (Å²) in [6, 6.07) is 7.86. The van der Waals surface area contributed by atoms with Crippen molar-refractivity contribution in [2.45, 2.75) is 6.04 Å². The van der Waals surface area contributed by atoms with Crippen molar-refractivity contribution in [3.8, 4) is 0 Å². The molecule has 0 aromatic heterocycles. The lowest BCUT2D eigenvalue weighted by Crippen LogP contribution is -2.62. The van der Waals surface area contributed by atoms with Crippen LogP contribution in [-0.4, -0.2) is 61.0 Å². The van der Waals surface area contributed by atoms with E-state index >= 15 is 0 Å². The molecule has 3 rings (SSSR count). The minimum atomic E-state index is 0.0916. The monoisotopic (exact) mass is 279 g/mol. The molecule has 1 aromatic carbocycles. The number of rotatable bonds is 2. The van der Waals surface area contributed by atoms with Gasteiger partial charge in [0.05, 0.1) is 0 Å². The second-order valence-electron chi connectivity index (χ2n) is 5.15. The molecule has 5 heteroatoms. The van der Waals surface area contributed by atoms with Crippen molar-refractivity contribution in [3.05, 3.63) is 34.9 Å². The molecular formula is C14H18ClN3O. The van der Waals surface area contributed by atoms with Crippen LogP contribution in [0.3, 0.4) is 0 Å². The molecule has 0 unspecified atom stereocenters. The zero-order valence-corrected chi connectivity index (χ0v) is 11.6. The van der Waals surface area contributed by atoms with E-state index in [0.717, 1.165) is 39.3 Å².